The van der Waals surface area contributed by atoms with Crippen molar-refractivity contribution in [2.75, 3.05) is 31.1 Å². The lowest BCUT2D eigenvalue weighted by molar-refractivity contribution is 0.0773. The first kappa shape index (κ1) is 18.0. The largest absolute Gasteiger partial charge is 0.336 e. The number of hydrogen-bond acceptors (Lipinski definition) is 5. The number of carbonyl (C=O) groups excluding carboxylic acids is 1. The van der Waals surface area contributed by atoms with Crippen LogP contribution < -0.4 is 0 Å². The standard InChI is InChI=1S/C18H20N2O3S3/c21-18(19-8-11-24-12-9-19)17-16(6-10-25-17)26(22,23)20-7-5-14-3-1-2-4-15(14)13-20/h1-4,6,10H,5,7-9,11-13H2. The second-order valence-electron chi connectivity index (χ2n) is 6.38. The number of benzene rings is 1. The lowest BCUT2D eigenvalue weighted by Crippen LogP contribution is -2.39. The van der Waals surface area contributed by atoms with Gasteiger partial charge in [0.15, 0.2) is 0 Å². The Balaban J connectivity index is 1.61. The highest BCUT2D eigenvalue weighted by molar-refractivity contribution is 7.99. The van der Waals surface area contributed by atoms with Gasteiger partial charge in [-0.15, -0.1) is 11.3 Å². The zero-order valence-electron chi connectivity index (χ0n) is 14.3. The Kier molecular flexibility index (Phi) is 5.09. The number of sulfonamides is 1. The fraction of sp³-hybridized carbons (Fsp3) is 0.389. The number of amides is 1. The Morgan fingerprint density at radius 2 is 1.73 bits per heavy atom. The number of hydrogen-bond donors (Lipinski definition) is 0. The van der Waals surface area contributed by atoms with Crippen LogP contribution in [-0.4, -0.2) is 54.7 Å². The van der Waals surface area contributed by atoms with E-state index >= 15 is 0 Å². The molecule has 2 aromatic rings. The molecule has 1 aromatic heterocycles. The third-order valence-corrected chi connectivity index (χ3v) is 8.70. The second-order valence-corrected chi connectivity index (χ2v) is 10.4. The van der Waals surface area contributed by atoms with Crippen molar-refractivity contribution in [2.24, 2.45) is 0 Å². The first-order chi connectivity index (χ1) is 12.6. The molecule has 26 heavy (non-hydrogen) atoms. The van der Waals surface area contributed by atoms with Gasteiger partial charge >= 0.3 is 0 Å². The van der Waals surface area contributed by atoms with Crippen molar-refractivity contribution in [3.8, 4) is 0 Å². The van der Waals surface area contributed by atoms with Crippen LogP contribution in [0.1, 0.15) is 20.8 Å². The van der Waals surface area contributed by atoms with Crippen LogP contribution in [0.3, 0.4) is 0 Å². The summed E-state index contributed by atoms with van der Waals surface area (Å²) in [6, 6.07) is 9.51. The summed E-state index contributed by atoms with van der Waals surface area (Å²) < 4.78 is 27.9. The van der Waals surface area contributed by atoms with Crippen LogP contribution >= 0.6 is 23.1 Å². The Morgan fingerprint density at radius 1 is 1.00 bits per heavy atom. The van der Waals surface area contributed by atoms with E-state index in [-0.39, 0.29) is 10.8 Å². The average molecular weight is 409 g/mol. The van der Waals surface area contributed by atoms with Gasteiger partial charge in [-0.2, -0.15) is 16.1 Å². The van der Waals surface area contributed by atoms with E-state index in [1.165, 1.54) is 21.2 Å². The first-order valence-electron chi connectivity index (χ1n) is 8.59. The summed E-state index contributed by atoms with van der Waals surface area (Å²) in [6.45, 7) is 2.17. The molecule has 0 radical (unpaired) electrons. The van der Waals surface area contributed by atoms with E-state index in [2.05, 4.69) is 0 Å². The second kappa shape index (κ2) is 7.34. The average Bonchev–Trinajstić information content (AvgIpc) is 3.18. The van der Waals surface area contributed by atoms with E-state index < -0.39 is 10.0 Å². The highest BCUT2D eigenvalue weighted by atomic mass is 32.2. The predicted octanol–water partition coefficient (Wildman–Crippen LogP) is 2.68. The molecule has 0 saturated carbocycles. The van der Waals surface area contributed by atoms with Crippen LogP contribution in [-0.2, 0) is 23.0 Å². The summed E-state index contributed by atoms with van der Waals surface area (Å²) in [7, 11) is -3.68. The molecule has 0 spiro atoms. The molecule has 8 heteroatoms. The molecule has 2 aliphatic rings. The molecule has 5 nitrogen and oxygen atoms in total. The van der Waals surface area contributed by atoms with Gasteiger partial charge < -0.3 is 4.90 Å². The number of thiophene rings is 1. The molecule has 3 heterocycles. The minimum absolute atomic E-state index is 0.156. The van der Waals surface area contributed by atoms with Crippen LogP contribution in [0, 0.1) is 0 Å². The summed E-state index contributed by atoms with van der Waals surface area (Å²) in [5, 5.41) is 1.71. The summed E-state index contributed by atoms with van der Waals surface area (Å²) in [6.07, 6.45) is 0.701. The van der Waals surface area contributed by atoms with Gasteiger partial charge in [-0.3, -0.25) is 4.79 Å². The highest BCUT2D eigenvalue weighted by Gasteiger charge is 2.33. The molecule has 0 unspecified atom stereocenters. The maximum absolute atomic E-state index is 13.2. The zero-order chi connectivity index (χ0) is 18.1. The number of fused-ring (bicyclic) bond motifs is 1. The highest BCUT2D eigenvalue weighted by Crippen LogP contribution is 2.30. The van der Waals surface area contributed by atoms with Crippen molar-refractivity contribution < 1.29 is 13.2 Å². The van der Waals surface area contributed by atoms with Crippen molar-refractivity contribution in [3.05, 3.63) is 51.7 Å². The van der Waals surface area contributed by atoms with E-state index in [0.717, 1.165) is 17.1 Å². The van der Waals surface area contributed by atoms with Gasteiger partial charge in [0.25, 0.3) is 5.91 Å². The SMILES string of the molecule is O=C(c1sccc1S(=O)(=O)N1CCc2ccccc2C1)N1CCSCC1. The van der Waals surface area contributed by atoms with Crippen LogP contribution in [0.2, 0.25) is 0 Å². The number of rotatable bonds is 3. The lowest BCUT2D eigenvalue weighted by Gasteiger charge is -2.29. The Hall–Kier alpha value is -1.35. The molecule has 0 N–H and O–H groups in total. The first-order valence-corrected chi connectivity index (χ1v) is 12.1. The molecule has 1 amide bonds. The third kappa shape index (κ3) is 3.31. The monoisotopic (exact) mass is 408 g/mol. The van der Waals surface area contributed by atoms with E-state index in [1.54, 1.807) is 16.3 Å². The fourth-order valence-electron chi connectivity index (χ4n) is 3.38. The maximum Gasteiger partial charge on any atom is 0.265 e. The summed E-state index contributed by atoms with van der Waals surface area (Å²) in [5.74, 6) is 1.65. The fourth-order valence-corrected chi connectivity index (χ4v) is 7.06. The summed E-state index contributed by atoms with van der Waals surface area (Å²) in [4.78, 5) is 15.1. The molecule has 1 saturated heterocycles. The van der Waals surface area contributed by atoms with Crippen molar-refractivity contribution >= 4 is 39.0 Å². The molecule has 4 rings (SSSR count). The molecule has 0 bridgehead atoms. The van der Waals surface area contributed by atoms with Crippen LogP contribution in [0.15, 0.2) is 40.6 Å². The van der Waals surface area contributed by atoms with Crippen LogP contribution in [0.5, 0.6) is 0 Å². The third-order valence-electron chi connectivity index (χ3n) is 4.84. The minimum Gasteiger partial charge on any atom is -0.336 e. The molecule has 138 valence electrons. The van der Waals surface area contributed by atoms with E-state index in [1.807, 2.05) is 36.0 Å². The van der Waals surface area contributed by atoms with Gasteiger partial charge in [-0.1, -0.05) is 24.3 Å². The van der Waals surface area contributed by atoms with Crippen molar-refractivity contribution in [1.82, 2.24) is 9.21 Å². The van der Waals surface area contributed by atoms with Gasteiger partial charge in [0.1, 0.15) is 9.77 Å². The van der Waals surface area contributed by atoms with E-state index in [0.29, 0.717) is 37.5 Å². The van der Waals surface area contributed by atoms with Crippen LogP contribution in [0.4, 0.5) is 0 Å². The van der Waals surface area contributed by atoms with Crippen molar-refractivity contribution in [3.63, 3.8) is 0 Å². The Bertz CT molecular complexity index is 917. The quantitative estimate of drug-likeness (QED) is 0.784. The maximum atomic E-state index is 13.2. The lowest BCUT2D eigenvalue weighted by atomic mass is 10.0. The van der Waals surface area contributed by atoms with Gasteiger partial charge in [0.05, 0.1) is 0 Å². The minimum atomic E-state index is -3.68. The topological polar surface area (TPSA) is 57.7 Å². The van der Waals surface area contributed by atoms with Gasteiger partial charge in [0, 0.05) is 37.7 Å². The Labute approximate surface area is 162 Å². The van der Waals surface area contributed by atoms with E-state index in [9.17, 15) is 13.2 Å². The number of carbonyl (C=O) groups is 1. The van der Waals surface area contributed by atoms with Gasteiger partial charge in [-0.25, -0.2) is 8.42 Å². The molecular formula is C18H20N2O3S3. The van der Waals surface area contributed by atoms with Crippen LogP contribution in [0.25, 0.3) is 0 Å². The normalized spacial score (nSPS) is 18.5. The van der Waals surface area contributed by atoms with Gasteiger partial charge in [0.2, 0.25) is 10.0 Å². The van der Waals surface area contributed by atoms with Gasteiger partial charge in [-0.05, 0) is 29.0 Å². The Morgan fingerprint density at radius 3 is 2.50 bits per heavy atom. The molecule has 0 aliphatic carbocycles. The van der Waals surface area contributed by atoms with Crippen molar-refractivity contribution in [2.45, 2.75) is 17.9 Å². The molecule has 1 aromatic carbocycles. The smallest absolute Gasteiger partial charge is 0.265 e. The molecular weight excluding hydrogens is 388 g/mol. The van der Waals surface area contributed by atoms with Crippen molar-refractivity contribution in [1.29, 1.82) is 0 Å². The molecule has 2 aliphatic heterocycles. The molecule has 1 fully saturated rings. The predicted molar refractivity (Wildman–Crippen MR) is 105 cm³/mol. The zero-order valence-corrected chi connectivity index (χ0v) is 16.7. The number of nitrogens with zero attached hydrogens (tertiary/aromatic N) is 2. The summed E-state index contributed by atoms with van der Waals surface area (Å²) in [5.41, 5.74) is 2.24. The summed E-state index contributed by atoms with van der Waals surface area (Å²) >= 11 is 3.05. The van der Waals surface area contributed by atoms with E-state index in [4.69, 9.17) is 0 Å². The number of thioether (sulfide) groups is 1. The molecule has 0 atom stereocenters.